The molecule has 0 spiro atoms. The van der Waals surface area contributed by atoms with Crippen LogP contribution in [-0.2, 0) is 0 Å². The molecule has 0 saturated heterocycles. The number of hydrogen-bond donors (Lipinski definition) is 3. The summed E-state index contributed by atoms with van der Waals surface area (Å²) in [5, 5.41) is 24.9. The molecular formula is C9H15GaO4. The molecule has 0 saturated carbocycles. The summed E-state index contributed by atoms with van der Waals surface area (Å²) in [5.41, 5.74) is -0.0671. The van der Waals surface area contributed by atoms with E-state index in [0.717, 1.165) is 0 Å². The van der Waals surface area contributed by atoms with Crippen LogP contribution in [0.4, 0.5) is 0 Å². The van der Waals surface area contributed by atoms with Crippen LogP contribution in [0, 0.1) is 0 Å². The Morgan fingerprint density at radius 1 is 1.36 bits per heavy atom. The summed E-state index contributed by atoms with van der Waals surface area (Å²) < 4.78 is 0. The molecular weight excluding hydrogens is 242 g/mol. The Labute approximate surface area is 95.3 Å². The molecule has 0 radical (unpaired) electrons. The van der Waals surface area contributed by atoms with Crippen LogP contribution in [0.1, 0.15) is 17.3 Å². The van der Waals surface area contributed by atoms with E-state index in [2.05, 4.69) is 0 Å². The summed E-state index contributed by atoms with van der Waals surface area (Å²) in [4.78, 5) is 10.3. The fraction of sp³-hybridized carbons (Fsp3) is 0.222. The zero-order valence-corrected chi connectivity index (χ0v) is 7.27. The Morgan fingerprint density at radius 3 is 2.07 bits per heavy atom. The Bertz CT molecular complexity index is 275. The van der Waals surface area contributed by atoms with E-state index in [4.69, 9.17) is 15.3 Å². The van der Waals surface area contributed by atoms with Crippen LogP contribution >= 0.6 is 0 Å². The van der Waals surface area contributed by atoms with Crippen molar-refractivity contribution < 1.29 is 20.1 Å². The Hall–Kier alpha value is -0.914. The average Bonchev–Trinajstić information content (AvgIpc) is 2.06. The summed E-state index contributed by atoms with van der Waals surface area (Å²) in [6, 6.07) is 5.81. The molecule has 0 fully saturated rings. The van der Waals surface area contributed by atoms with Crippen molar-refractivity contribution in [1.29, 1.82) is 0 Å². The maximum absolute atomic E-state index is 10.3. The molecule has 1 rings (SSSR count). The van der Waals surface area contributed by atoms with Crippen LogP contribution in [0.5, 0.6) is 5.75 Å². The third-order valence-electron chi connectivity index (χ3n) is 1.13. The van der Waals surface area contributed by atoms with Crippen LogP contribution in [0.15, 0.2) is 24.3 Å². The molecule has 0 aromatic heterocycles. The van der Waals surface area contributed by atoms with Gasteiger partial charge in [0.1, 0.15) is 11.3 Å². The molecule has 0 atom stereocenters. The standard InChI is InChI=1S/C7H6O3.C2H6O.Ga.3H/c8-6-4-2-1-3-5(6)7(9)10;1-2-3;;;;/h1-4,8H,(H,9,10);3H,2H2,1H3;;;;. The van der Waals surface area contributed by atoms with Gasteiger partial charge in [-0.25, -0.2) is 4.79 Å². The Kier molecular flexibility index (Phi) is 9.64. The molecule has 0 aliphatic rings. The molecule has 0 aliphatic carbocycles. The molecule has 4 nitrogen and oxygen atoms in total. The van der Waals surface area contributed by atoms with E-state index in [9.17, 15) is 4.79 Å². The van der Waals surface area contributed by atoms with Crippen LogP contribution in [-0.4, -0.2) is 47.7 Å². The molecule has 3 N–H and O–H groups in total. The Balaban J connectivity index is 0. The van der Waals surface area contributed by atoms with Gasteiger partial charge in [-0.1, -0.05) is 12.1 Å². The number of carbonyl (C=O) groups is 1. The van der Waals surface area contributed by atoms with Crippen molar-refractivity contribution in [2.75, 3.05) is 6.61 Å². The Morgan fingerprint density at radius 2 is 1.79 bits per heavy atom. The summed E-state index contributed by atoms with van der Waals surface area (Å²) >= 11 is 0. The number of para-hydroxylation sites is 1. The zero-order valence-electron chi connectivity index (χ0n) is 7.27. The number of carboxylic acids is 1. The monoisotopic (exact) mass is 256 g/mol. The van der Waals surface area contributed by atoms with Gasteiger partial charge < -0.3 is 15.3 Å². The number of carboxylic acid groups (broad SMARTS) is 1. The molecule has 1 aromatic rings. The molecule has 5 heteroatoms. The van der Waals surface area contributed by atoms with Crippen LogP contribution in [0.2, 0.25) is 0 Å². The predicted molar refractivity (Wildman–Crippen MR) is 57.8 cm³/mol. The third kappa shape index (κ3) is 5.68. The van der Waals surface area contributed by atoms with Gasteiger partial charge in [0, 0.05) is 6.61 Å². The van der Waals surface area contributed by atoms with Crippen LogP contribution in [0.25, 0.3) is 0 Å². The van der Waals surface area contributed by atoms with E-state index < -0.39 is 5.97 Å². The van der Waals surface area contributed by atoms with E-state index in [1.165, 1.54) is 12.1 Å². The fourth-order valence-electron chi connectivity index (χ4n) is 0.654. The topological polar surface area (TPSA) is 77.8 Å². The van der Waals surface area contributed by atoms with Crippen molar-refractivity contribution >= 4 is 25.8 Å². The van der Waals surface area contributed by atoms with Crippen molar-refractivity contribution in [1.82, 2.24) is 0 Å². The van der Waals surface area contributed by atoms with Gasteiger partial charge in [-0.15, -0.1) is 0 Å². The summed E-state index contributed by atoms with van der Waals surface area (Å²) in [6.45, 7) is 1.93. The van der Waals surface area contributed by atoms with Gasteiger partial charge >= 0.3 is 25.8 Å². The number of benzene rings is 1. The van der Waals surface area contributed by atoms with Crippen LogP contribution < -0.4 is 0 Å². The first-order valence-corrected chi connectivity index (χ1v) is 3.75. The van der Waals surface area contributed by atoms with E-state index in [1.54, 1.807) is 19.1 Å². The third-order valence-corrected chi connectivity index (χ3v) is 1.13. The van der Waals surface area contributed by atoms with Crippen molar-refractivity contribution in [2.45, 2.75) is 6.92 Å². The van der Waals surface area contributed by atoms with Gasteiger partial charge in [0.25, 0.3) is 0 Å². The zero-order chi connectivity index (χ0) is 10.3. The molecule has 1 aromatic carbocycles. The first kappa shape index (κ1) is 15.6. The fourth-order valence-corrected chi connectivity index (χ4v) is 0.654. The number of hydrogen-bond acceptors (Lipinski definition) is 3. The summed E-state index contributed by atoms with van der Waals surface area (Å²) in [5.74, 6) is -1.31. The van der Waals surface area contributed by atoms with Crippen molar-refractivity contribution in [3.63, 3.8) is 0 Å². The van der Waals surface area contributed by atoms with E-state index in [-0.39, 0.29) is 37.7 Å². The molecule has 0 bridgehead atoms. The van der Waals surface area contributed by atoms with Crippen molar-refractivity contribution in [3.05, 3.63) is 29.8 Å². The van der Waals surface area contributed by atoms with Crippen molar-refractivity contribution in [2.24, 2.45) is 0 Å². The molecule has 78 valence electrons. The van der Waals surface area contributed by atoms with Gasteiger partial charge in [-0.05, 0) is 19.1 Å². The SMILES string of the molecule is CCO.O=C(O)c1ccccc1O.[GaH3]. The van der Waals surface area contributed by atoms with Gasteiger partial charge in [0.2, 0.25) is 0 Å². The first-order valence-electron chi connectivity index (χ1n) is 3.75. The number of aliphatic hydroxyl groups is 1. The molecule has 0 unspecified atom stereocenters. The molecule has 0 aliphatic heterocycles. The average molecular weight is 257 g/mol. The first-order chi connectivity index (χ1) is 6.13. The van der Waals surface area contributed by atoms with Gasteiger partial charge in [0.15, 0.2) is 0 Å². The van der Waals surface area contributed by atoms with Crippen molar-refractivity contribution in [3.8, 4) is 5.75 Å². The number of aromatic hydroxyl groups is 1. The van der Waals surface area contributed by atoms with E-state index >= 15 is 0 Å². The summed E-state index contributed by atoms with van der Waals surface area (Å²) in [6.07, 6.45) is 0. The molecule has 14 heavy (non-hydrogen) atoms. The van der Waals surface area contributed by atoms with E-state index in [0.29, 0.717) is 0 Å². The number of aromatic carboxylic acids is 1. The quantitative estimate of drug-likeness (QED) is 0.614. The number of rotatable bonds is 1. The predicted octanol–water partition coefficient (Wildman–Crippen LogP) is -0.0949. The number of phenols is 1. The summed E-state index contributed by atoms with van der Waals surface area (Å²) in [7, 11) is 0. The molecule has 0 heterocycles. The second-order valence-electron chi connectivity index (χ2n) is 2.14. The second kappa shape index (κ2) is 8.67. The van der Waals surface area contributed by atoms with Gasteiger partial charge in [-0.3, -0.25) is 0 Å². The normalized spacial score (nSPS) is 7.86. The molecule has 0 amide bonds. The second-order valence-corrected chi connectivity index (χ2v) is 2.14. The van der Waals surface area contributed by atoms with Crippen LogP contribution in [0.3, 0.4) is 0 Å². The van der Waals surface area contributed by atoms with E-state index in [1.807, 2.05) is 0 Å². The number of aliphatic hydroxyl groups excluding tert-OH is 1. The van der Waals surface area contributed by atoms with Gasteiger partial charge in [0.05, 0.1) is 0 Å². The minimum atomic E-state index is -1.11. The maximum atomic E-state index is 10.3. The minimum absolute atomic E-state index is 0. The van der Waals surface area contributed by atoms with Gasteiger partial charge in [-0.2, -0.15) is 0 Å².